The molecule has 0 radical (unpaired) electrons. The number of hydrogen-bond acceptors (Lipinski definition) is 5. The maximum Gasteiger partial charge on any atom is 0.226 e. The standard InChI is InChI=1S/C21H33N3O2/c1-26-21-18(8-10-20(22)23-21)19(25)9-7-16-11-13-24(14-12-16)15-17-5-3-2-4-6-17/h8,10,16-17H,2-7,9,11-15H2,1H3,(H2,22,23). The van der Waals surface area contributed by atoms with Crippen LogP contribution < -0.4 is 10.5 Å². The lowest BCUT2D eigenvalue weighted by atomic mass is 9.87. The first kappa shape index (κ1) is 19.2. The summed E-state index contributed by atoms with van der Waals surface area (Å²) in [6.45, 7) is 3.68. The Labute approximate surface area is 157 Å². The van der Waals surface area contributed by atoms with Crippen molar-refractivity contribution in [3.63, 3.8) is 0 Å². The zero-order valence-electron chi connectivity index (χ0n) is 16.1. The van der Waals surface area contributed by atoms with Crippen LogP contribution in [0.5, 0.6) is 5.88 Å². The van der Waals surface area contributed by atoms with Crippen molar-refractivity contribution in [3.8, 4) is 5.88 Å². The molecule has 0 atom stereocenters. The van der Waals surface area contributed by atoms with Crippen molar-refractivity contribution < 1.29 is 9.53 Å². The molecule has 1 saturated carbocycles. The summed E-state index contributed by atoms with van der Waals surface area (Å²) >= 11 is 0. The number of methoxy groups -OCH3 is 1. The van der Waals surface area contributed by atoms with Gasteiger partial charge < -0.3 is 15.4 Å². The van der Waals surface area contributed by atoms with E-state index in [2.05, 4.69) is 9.88 Å². The summed E-state index contributed by atoms with van der Waals surface area (Å²) in [5.74, 6) is 2.42. The number of pyridine rings is 1. The second kappa shape index (κ2) is 9.36. The summed E-state index contributed by atoms with van der Waals surface area (Å²) in [4.78, 5) is 19.3. The van der Waals surface area contributed by atoms with E-state index in [1.165, 1.54) is 71.7 Å². The minimum atomic E-state index is 0.110. The van der Waals surface area contributed by atoms with Crippen LogP contribution in [-0.2, 0) is 0 Å². The molecule has 2 heterocycles. The molecule has 144 valence electrons. The van der Waals surface area contributed by atoms with E-state index in [-0.39, 0.29) is 5.78 Å². The number of nitrogens with two attached hydrogens (primary N) is 1. The van der Waals surface area contributed by atoms with Crippen LogP contribution in [0.3, 0.4) is 0 Å². The van der Waals surface area contributed by atoms with Crippen molar-refractivity contribution in [2.75, 3.05) is 32.5 Å². The largest absolute Gasteiger partial charge is 0.480 e. The van der Waals surface area contributed by atoms with Gasteiger partial charge in [-0.1, -0.05) is 19.3 Å². The number of ether oxygens (including phenoxy) is 1. The summed E-state index contributed by atoms with van der Waals surface area (Å²) in [6.07, 6.45) is 11.1. The number of likely N-dealkylation sites (tertiary alicyclic amines) is 1. The molecule has 5 nitrogen and oxygen atoms in total. The van der Waals surface area contributed by atoms with Crippen LogP contribution >= 0.6 is 0 Å². The molecule has 2 aliphatic rings. The average Bonchev–Trinajstić information content (AvgIpc) is 2.68. The van der Waals surface area contributed by atoms with Crippen LogP contribution in [0.1, 0.15) is 68.1 Å². The minimum absolute atomic E-state index is 0.110. The summed E-state index contributed by atoms with van der Waals surface area (Å²) < 4.78 is 5.21. The number of carbonyl (C=O) groups excluding carboxylic acids is 1. The van der Waals surface area contributed by atoms with Crippen molar-refractivity contribution in [1.82, 2.24) is 9.88 Å². The molecule has 3 rings (SSSR count). The zero-order chi connectivity index (χ0) is 18.4. The predicted octanol–water partition coefficient (Wildman–Crippen LogP) is 3.93. The van der Waals surface area contributed by atoms with Crippen molar-refractivity contribution in [1.29, 1.82) is 0 Å². The number of nitrogen functional groups attached to an aromatic ring is 1. The van der Waals surface area contributed by atoms with Gasteiger partial charge in [-0.2, -0.15) is 4.98 Å². The van der Waals surface area contributed by atoms with Crippen LogP contribution in [0.2, 0.25) is 0 Å². The third kappa shape index (κ3) is 5.19. The second-order valence-corrected chi connectivity index (χ2v) is 8.00. The number of hydrogen-bond donors (Lipinski definition) is 1. The fraction of sp³-hybridized carbons (Fsp3) is 0.714. The maximum atomic E-state index is 12.5. The number of aromatic nitrogens is 1. The van der Waals surface area contributed by atoms with E-state index in [4.69, 9.17) is 10.5 Å². The lowest BCUT2D eigenvalue weighted by Gasteiger charge is -2.35. The predicted molar refractivity (Wildman–Crippen MR) is 105 cm³/mol. The Hall–Kier alpha value is -1.62. The van der Waals surface area contributed by atoms with E-state index in [0.29, 0.717) is 29.6 Å². The Morgan fingerprint density at radius 3 is 2.58 bits per heavy atom. The van der Waals surface area contributed by atoms with Gasteiger partial charge in [0, 0.05) is 13.0 Å². The molecule has 0 spiro atoms. The van der Waals surface area contributed by atoms with E-state index in [1.54, 1.807) is 12.1 Å². The molecule has 2 N–H and O–H groups in total. The van der Waals surface area contributed by atoms with Gasteiger partial charge in [0.15, 0.2) is 5.78 Å². The van der Waals surface area contributed by atoms with Gasteiger partial charge in [-0.15, -0.1) is 0 Å². The molecule has 5 heteroatoms. The molecule has 1 aliphatic heterocycles. The van der Waals surface area contributed by atoms with Crippen molar-refractivity contribution in [3.05, 3.63) is 17.7 Å². The van der Waals surface area contributed by atoms with Gasteiger partial charge in [-0.25, -0.2) is 0 Å². The molecular weight excluding hydrogens is 326 g/mol. The Kier molecular flexibility index (Phi) is 6.89. The van der Waals surface area contributed by atoms with Gasteiger partial charge in [-0.05, 0) is 69.2 Å². The topological polar surface area (TPSA) is 68.5 Å². The van der Waals surface area contributed by atoms with Crippen LogP contribution in [0, 0.1) is 11.8 Å². The quantitative estimate of drug-likeness (QED) is 0.747. The second-order valence-electron chi connectivity index (χ2n) is 8.00. The number of ketones is 1. The van der Waals surface area contributed by atoms with Gasteiger partial charge in [-0.3, -0.25) is 4.79 Å². The number of anilines is 1. The molecule has 1 saturated heterocycles. The van der Waals surface area contributed by atoms with Gasteiger partial charge in [0.25, 0.3) is 0 Å². The van der Waals surface area contributed by atoms with E-state index < -0.39 is 0 Å². The SMILES string of the molecule is COc1nc(N)ccc1C(=O)CCC1CCN(CC2CCCCC2)CC1. The Morgan fingerprint density at radius 2 is 1.88 bits per heavy atom. The molecule has 1 aromatic heterocycles. The average molecular weight is 360 g/mol. The molecule has 1 aromatic rings. The lowest BCUT2D eigenvalue weighted by molar-refractivity contribution is 0.0953. The van der Waals surface area contributed by atoms with E-state index in [9.17, 15) is 4.79 Å². The van der Waals surface area contributed by atoms with Gasteiger partial charge in [0.05, 0.1) is 12.7 Å². The first-order chi connectivity index (χ1) is 12.7. The van der Waals surface area contributed by atoms with Crippen molar-refractivity contribution >= 4 is 11.6 Å². The Morgan fingerprint density at radius 1 is 1.15 bits per heavy atom. The van der Waals surface area contributed by atoms with Crippen molar-refractivity contribution in [2.24, 2.45) is 11.8 Å². The highest BCUT2D eigenvalue weighted by atomic mass is 16.5. The highest BCUT2D eigenvalue weighted by Crippen LogP contribution is 2.28. The minimum Gasteiger partial charge on any atom is -0.480 e. The van der Waals surface area contributed by atoms with Gasteiger partial charge in [0.2, 0.25) is 5.88 Å². The molecule has 1 aliphatic carbocycles. The zero-order valence-corrected chi connectivity index (χ0v) is 16.1. The van der Waals surface area contributed by atoms with E-state index >= 15 is 0 Å². The molecule has 0 aromatic carbocycles. The Bertz CT molecular complexity index is 591. The highest BCUT2D eigenvalue weighted by Gasteiger charge is 2.24. The number of nitrogens with zero attached hydrogens (tertiary/aromatic N) is 2. The number of piperidine rings is 1. The summed E-state index contributed by atoms with van der Waals surface area (Å²) in [6, 6.07) is 3.40. The first-order valence-corrected chi connectivity index (χ1v) is 10.2. The molecule has 26 heavy (non-hydrogen) atoms. The third-order valence-corrected chi connectivity index (χ3v) is 6.10. The fourth-order valence-corrected chi connectivity index (χ4v) is 4.49. The number of Topliss-reactive ketones (excluding diaryl/α,β-unsaturated/α-hetero) is 1. The third-order valence-electron chi connectivity index (χ3n) is 6.10. The smallest absolute Gasteiger partial charge is 0.226 e. The van der Waals surface area contributed by atoms with Gasteiger partial charge in [0.1, 0.15) is 5.82 Å². The molecular formula is C21H33N3O2. The van der Waals surface area contributed by atoms with Crippen LogP contribution in [0.15, 0.2) is 12.1 Å². The normalized spacial score (nSPS) is 20.2. The van der Waals surface area contributed by atoms with Crippen LogP contribution in [0.4, 0.5) is 5.82 Å². The molecule has 0 amide bonds. The monoisotopic (exact) mass is 359 g/mol. The molecule has 2 fully saturated rings. The molecule has 0 unspecified atom stereocenters. The number of rotatable bonds is 7. The highest BCUT2D eigenvalue weighted by molar-refractivity contribution is 5.98. The Balaban J connectivity index is 1.41. The van der Waals surface area contributed by atoms with Crippen LogP contribution in [0.25, 0.3) is 0 Å². The lowest BCUT2D eigenvalue weighted by Crippen LogP contribution is -2.37. The summed E-state index contributed by atoms with van der Waals surface area (Å²) in [5, 5.41) is 0. The summed E-state index contributed by atoms with van der Waals surface area (Å²) in [5.41, 5.74) is 6.22. The first-order valence-electron chi connectivity index (χ1n) is 10.2. The van der Waals surface area contributed by atoms with Crippen LogP contribution in [-0.4, -0.2) is 42.4 Å². The van der Waals surface area contributed by atoms with E-state index in [1.807, 2.05) is 0 Å². The van der Waals surface area contributed by atoms with Crippen molar-refractivity contribution in [2.45, 2.75) is 57.8 Å². The maximum absolute atomic E-state index is 12.5. The van der Waals surface area contributed by atoms with E-state index in [0.717, 1.165) is 12.3 Å². The van der Waals surface area contributed by atoms with Gasteiger partial charge >= 0.3 is 0 Å². The fourth-order valence-electron chi connectivity index (χ4n) is 4.49. The molecule has 0 bridgehead atoms. The summed E-state index contributed by atoms with van der Waals surface area (Å²) in [7, 11) is 1.53. The number of carbonyl (C=O) groups is 1.